The van der Waals surface area contributed by atoms with Crippen molar-refractivity contribution in [1.82, 2.24) is 24.9 Å². The van der Waals surface area contributed by atoms with Gasteiger partial charge >= 0.3 is 5.97 Å². The third kappa shape index (κ3) is 3.16. The summed E-state index contributed by atoms with van der Waals surface area (Å²) in [6.07, 6.45) is 0.202. The number of aliphatic carboxylic acids is 1. The number of carboxylic acid groups (broad SMARTS) is 1. The predicted octanol–water partition coefficient (Wildman–Crippen LogP) is 1.17. The molecule has 1 aliphatic rings. The van der Waals surface area contributed by atoms with Crippen molar-refractivity contribution in [1.29, 1.82) is 0 Å². The van der Waals surface area contributed by atoms with E-state index in [-0.39, 0.29) is 11.3 Å². The van der Waals surface area contributed by atoms with E-state index in [0.717, 1.165) is 5.56 Å². The molecule has 144 valence electrons. The van der Waals surface area contributed by atoms with Gasteiger partial charge in [0.2, 0.25) is 15.8 Å². The second kappa shape index (κ2) is 6.50. The van der Waals surface area contributed by atoms with Crippen LogP contribution in [0, 0.1) is 0 Å². The van der Waals surface area contributed by atoms with E-state index in [9.17, 15) is 18.3 Å². The van der Waals surface area contributed by atoms with Crippen LogP contribution in [0.2, 0.25) is 0 Å². The van der Waals surface area contributed by atoms with Crippen molar-refractivity contribution in [2.75, 3.05) is 0 Å². The molecule has 1 heterocycles. The summed E-state index contributed by atoms with van der Waals surface area (Å²) in [7, 11) is -2.40. The van der Waals surface area contributed by atoms with Gasteiger partial charge in [0.05, 0.1) is 11.9 Å². The largest absolute Gasteiger partial charge is 0.480 e. The summed E-state index contributed by atoms with van der Waals surface area (Å²) in [6.45, 7) is 0. The predicted molar refractivity (Wildman–Crippen MR) is 98.7 cm³/mol. The zero-order valence-electron chi connectivity index (χ0n) is 14.8. The van der Waals surface area contributed by atoms with E-state index in [1.165, 1.54) is 16.9 Å². The van der Waals surface area contributed by atoms with Crippen molar-refractivity contribution in [2.45, 2.75) is 22.8 Å². The van der Waals surface area contributed by atoms with E-state index in [2.05, 4.69) is 20.1 Å². The van der Waals surface area contributed by atoms with Crippen LogP contribution in [0.4, 0.5) is 0 Å². The molecule has 0 aliphatic heterocycles. The maximum Gasteiger partial charge on any atom is 0.325 e. The van der Waals surface area contributed by atoms with Crippen LogP contribution in [-0.2, 0) is 21.9 Å². The molecule has 1 aliphatic carbocycles. The topological polar surface area (TPSA) is 127 Å². The summed E-state index contributed by atoms with van der Waals surface area (Å²) in [5.41, 5.74) is -0.143. The first-order valence-corrected chi connectivity index (χ1v) is 9.97. The van der Waals surface area contributed by atoms with E-state index in [4.69, 9.17) is 0 Å². The summed E-state index contributed by atoms with van der Waals surface area (Å²) in [4.78, 5) is 13.1. The number of aromatic nitrogens is 4. The molecule has 0 unspecified atom stereocenters. The number of carbonyl (C=O) groups is 1. The van der Waals surface area contributed by atoms with E-state index >= 15 is 0 Å². The van der Waals surface area contributed by atoms with Crippen LogP contribution in [0.3, 0.4) is 0 Å². The second-order valence-electron chi connectivity index (χ2n) is 6.68. The zero-order chi connectivity index (χ0) is 19.9. The minimum Gasteiger partial charge on any atom is -0.480 e. The van der Waals surface area contributed by atoms with E-state index in [0.29, 0.717) is 11.4 Å². The van der Waals surface area contributed by atoms with Crippen LogP contribution in [0.5, 0.6) is 0 Å². The van der Waals surface area contributed by atoms with Gasteiger partial charge in [-0.05, 0) is 41.5 Å². The van der Waals surface area contributed by atoms with Crippen LogP contribution < -0.4 is 4.72 Å². The van der Waals surface area contributed by atoms with Crippen LogP contribution in [0.25, 0.3) is 11.4 Å². The van der Waals surface area contributed by atoms with Gasteiger partial charge in [0.1, 0.15) is 5.54 Å². The number of nitrogens with zero attached hydrogens (tertiary/aromatic N) is 4. The van der Waals surface area contributed by atoms with Crippen molar-refractivity contribution in [3.63, 3.8) is 0 Å². The molecule has 0 bridgehead atoms. The van der Waals surface area contributed by atoms with Gasteiger partial charge in [-0.2, -0.15) is 9.52 Å². The monoisotopic (exact) mass is 399 g/mol. The first-order valence-electron chi connectivity index (χ1n) is 8.48. The number of aryl methyl sites for hydroxylation is 1. The number of carboxylic acids is 1. The molecule has 28 heavy (non-hydrogen) atoms. The molecule has 1 saturated carbocycles. The maximum absolute atomic E-state index is 12.8. The minimum absolute atomic E-state index is 0.0283. The highest BCUT2D eigenvalue weighted by Gasteiger charge is 2.63. The van der Waals surface area contributed by atoms with Gasteiger partial charge < -0.3 is 5.11 Å². The normalized spacial score (nSPS) is 21.4. The lowest BCUT2D eigenvalue weighted by molar-refractivity contribution is -0.140. The summed E-state index contributed by atoms with van der Waals surface area (Å²) < 4.78 is 28.0. The van der Waals surface area contributed by atoms with E-state index < -0.39 is 27.4 Å². The van der Waals surface area contributed by atoms with Gasteiger partial charge in [0, 0.05) is 11.5 Å². The lowest BCUT2D eigenvalue weighted by atomic mass is 10.1. The van der Waals surface area contributed by atoms with Crippen molar-refractivity contribution in [3.8, 4) is 11.4 Å². The smallest absolute Gasteiger partial charge is 0.325 e. The van der Waals surface area contributed by atoms with Gasteiger partial charge in [-0.3, -0.25) is 4.79 Å². The Kier molecular flexibility index (Phi) is 4.24. The van der Waals surface area contributed by atoms with Gasteiger partial charge in [0.15, 0.2) is 0 Å². The summed E-state index contributed by atoms with van der Waals surface area (Å²) in [5, 5.41) is 21.4. The molecule has 2 N–H and O–H groups in total. The highest BCUT2D eigenvalue weighted by molar-refractivity contribution is 7.89. The lowest BCUT2D eigenvalue weighted by Gasteiger charge is -2.15. The van der Waals surface area contributed by atoms with E-state index in [1.807, 2.05) is 6.07 Å². The first-order chi connectivity index (χ1) is 13.3. The lowest BCUT2D eigenvalue weighted by Crippen LogP contribution is -2.44. The summed E-state index contributed by atoms with van der Waals surface area (Å²) >= 11 is 0. The molecule has 0 spiro atoms. The van der Waals surface area contributed by atoms with Crippen molar-refractivity contribution < 1.29 is 18.3 Å². The third-order valence-electron chi connectivity index (χ3n) is 4.79. The van der Waals surface area contributed by atoms with Gasteiger partial charge in [0.25, 0.3) is 0 Å². The first kappa shape index (κ1) is 18.3. The Hall–Kier alpha value is -3.11. The number of nitrogens with one attached hydrogen (secondary N) is 1. The number of rotatable bonds is 6. The molecular weight excluding hydrogens is 382 g/mol. The average molecular weight is 399 g/mol. The summed E-state index contributed by atoms with van der Waals surface area (Å²) in [5.74, 6) is -1.23. The molecular formula is C18H17N5O4S. The molecule has 4 rings (SSSR count). The van der Waals surface area contributed by atoms with Crippen molar-refractivity contribution in [2.24, 2.45) is 7.05 Å². The maximum atomic E-state index is 12.8. The second-order valence-corrected chi connectivity index (χ2v) is 8.36. The zero-order valence-corrected chi connectivity index (χ0v) is 15.7. The minimum atomic E-state index is -4.03. The van der Waals surface area contributed by atoms with Crippen LogP contribution in [0.15, 0.2) is 59.5 Å². The fourth-order valence-electron chi connectivity index (χ4n) is 3.23. The number of hydrogen-bond acceptors (Lipinski definition) is 6. The Morgan fingerprint density at radius 2 is 1.86 bits per heavy atom. The van der Waals surface area contributed by atoms with Crippen LogP contribution in [-0.4, -0.2) is 45.2 Å². The van der Waals surface area contributed by atoms with Gasteiger partial charge in [-0.1, -0.05) is 30.3 Å². The molecule has 9 nitrogen and oxygen atoms in total. The third-order valence-corrected chi connectivity index (χ3v) is 6.32. The molecule has 2 aromatic carbocycles. The standard InChI is InChI=1S/C18H17N5O4S/c1-23-20-16(19-22-23)13-7-9-14(10-8-13)28(26,27)21-18(17(24)25)11-15(18)12-5-3-2-4-6-12/h2-10,15,21H,11H2,1H3,(H,24,25)/t15-,18+/m0/s1. The molecule has 0 saturated heterocycles. The molecule has 0 amide bonds. The van der Waals surface area contributed by atoms with Crippen LogP contribution in [0.1, 0.15) is 17.9 Å². The fraction of sp³-hybridized carbons (Fsp3) is 0.222. The molecule has 3 aromatic rings. The Balaban J connectivity index is 1.59. The Morgan fingerprint density at radius 3 is 2.43 bits per heavy atom. The number of tetrazole rings is 1. The SMILES string of the molecule is Cn1nnc(-c2ccc(S(=O)(=O)N[C@]3(C(=O)O)C[C@H]3c3ccccc3)cc2)n1. The van der Waals surface area contributed by atoms with Gasteiger partial charge in [-0.15, -0.1) is 10.2 Å². The molecule has 1 aromatic heterocycles. The Morgan fingerprint density at radius 1 is 1.18 bits per heavy atom. The Bertz CT molecular complexity index is 1130. The van der Waals surface area contributed by atoms with Crippen LogP contribution >= 0.6 is 0 Å². The highest BCUT2D eigenvalue weighted by Crippen LogP contribution is 2.52. The van der Waals surface area contributed by atoms with Crippen molar-refractivity contribution in [3.05, 3.63) is 60.2 Å². The number of hydrogen-bond donors (Lipinski definition) is 2. The fourth-order valence-corrected chi connectivity index (χ4v) is 4.63. The number of benzene rings is 2. The molecule has 2 atom stereocenters. The summed E-state index contributed by atoms with van der Waals surface area (Å²) in [6, 6.07) is 14.9. The quantitative estimate of drug-likeness (QED) is 0.637. The van der Waals surface area contributed by atoms with Crippen molar-refractivity contribution >= 4 is 16.0 Å². The molecule has 0 radical (unpaired) electrons. The van der Waals surface area contributed by atoms with E-state index in [1.54, 1.807) is 43.4 Å². The Labute approximate surface area is 161 Å². The average Bonchev–Trinajstić information content (AvgIpc) is 3.24. The van der Waals surface area contributed by atoms with Gasteiger partial charge in [-0.25, -0.2) is 8.42 Å². The number of sulfonamides is 1. The highest BCUT2D eigenvalue weighted by atomic mass is 32.2. The molecule has 1 fully saturated rings. The molecule has 10 heteroatoms.